The third kappa shape index (κ3) is 1.18. The topological polar surface area (TPSA) is 21.3 Å². The van der Waals surface area contributed by atoms with E-state index in [9.17, 15) is 0 Å². The zero-order valence-electron chi connectivity index (χ0n) is 6.18. The van der Waals surface area contributed by atoms with E-state index in [2.05, 4.69) is 5.32 Å². The lowest BCUT2D eigenvalue weighted by Crippen LogP contribution is -2.39. The van der Waals surface area contributed by atoms with Crippen molar-refractivity contribution in [2.75, 3.05) is 19.7 Å². The van der Waals surface area contributed by atoms with Gasteiger partial charge in [-0.2, -0.15) is 0 Å². The van der Waals surface area contributed by atoms with Crippen LogP contribution in [-0.4, -0.2) is 19.7 Å². The minimum absolute atomic E-state index is 0.697. The molecule has 2 aliphatic heterocycles. The smallest absolute Gasteiger partial charge is 0.0882 e. The van der Waals surface area contributed by atoms with Gasteiger partial charge < -0.3 is 10.1 Å². The Kier molecular flexibility index (Phi) is 1.91. The van der Waals surface area contributed by atoms with Crippen molar-refractivity contribution in [2.24, 2.45) is 11.8 Å². The van der Waals surface area contributed by atoms with Gasteiger partial charge in [-0.1, -0.05) is 0 Å². The minimum Gasteiger partial charge on any atom is -0.375 e. The van der Waals surface area contributed by atoms with Crippen LogP contribution in [0.5, 0.6) is 0 Å². The summed E-state index contributed by atoms with van der Waals surface area (Å²) < 4.78 is 5.27. The van der Waals surface area contributed by atoms with Crippen molar-refractivity contribution in [3.63, 3.8) is 0 Å². The van der Waals surface area contributed by atoms with Gasteiger partial charge in [-0.05, 0) is 25.3 Å². The average molecular weight is 140 g/mol. The summed E-state index contributed by atoms with van der Waals surface area (Å²) in [6, 6.07) is 0. The van der Waals surface area contributed by atoms with Gasteiger partial charge in [0.2, 0.25) is 0 Å². The molecule has 2 heterocycles. The molecule has 0 aliphatic carbocycles. The van der Waals surface area contributed by atoms with Crippen molar-refractivity contribution in [1.29, 1.82) is 0 Å². The number of piperidine rings is 1. The lowest BCUT2D eigenvalue weighted by molar-refractivity contribution is 0.0576. The van der Waals surface area contributed by atoms with E-state index in [1.807, 2.05) is 6.61 Å². The molecule has 2 rings (SSSR count). The fourth-order valence-corrected chi connectivity index (χ4v) is 1.87. The maximum atomic E-state index is 5.27. The van der Waals surface area contributed by atoms with E-state index in [4.69, 9.17) is 4.74 Å². The van der Waals surface area contributed by atoms with Crippen molar-refractivity contribution in [3.8, 4) is 0 Å². The normalized spacial score (nSPS) is 40.8. The van der Waals surface area contributed by atoms with E-state index in [0.717, 1.165) is 19.1 Å². The maximum absolute atomic E-state index is 5.27. The number of hydrogen-bond acceptors (Lipinski definition) is 2. The van der Waals surface area contributed by atoms with E-state index in [1.54, 1.807) is 0 Å². The Morgan fingerprint density at radius 2 is 2.40 bits per heavy atom. The second kappa shape index (κ2) is 2.89. The Balaban J connectivity index is 1.93. The van der Waals surface area contributed by atoms with Gasteiger partial charge in [0.05, 0.1) is 6.61 Å². The molecule has 0 saturated carbocycles. The predicted octanol–water partition coefficient (Wildman–Crippen LogP) is 0.794. The Morgan fingerprint density at radius 1 is 1.40 bits per heavy atom. The number of fused-ring (bicyclic) bond motifs is 1. The molecule has 2 unspecified atom stereocenters. The van der Waals surface area contributed by atoms with Crippen molar-refractivity contribution >= 4 is 0 Å². The van der Waals surface area contributed by atoms with Gasteiger partial charge in [-0.15, -0.1) is 0 Å². The van der Waals surface area contributed by atoms with Crippen LogP contribution in [0.4, 0.5) is 0 Å². The molecule has 0 spiro atoms. The summed E-state index contributed by atoms with van der Waals surface area (Å²) in [5.41, 5.74) is 0. The molecule has 2 fully saturated rings. The summed E-state index contributed by atoms with van der Waals surface area (Å²) in [6.45, 7) is 5.31. The Hall–Kier alpha value is -0.0800. The highest BCUT2D eigenvalue weighted by Crippen LogP contribution is 2.28. The van der Waals surface area contributed by atoms with Crippen molar-refractivity contribution < 1.29 is 4.74 Å². The standard InChI is InChI=1S/C8H14NO/c1-3-9-5-8-6-10-4-2-7(1)8/h6-9H,1-5H2. The van der Waals surface area contributed by atoms with Gasteiger partial charge in [0.25, 0.3) is 0 Å². The molecule has 0 bridgehead atoms. The summed E-state index contributed by atoms with van der Waals surface area (Å²) in [4.78, 5) is 0. The van der Waals surface area contributed by atoms with Crippen LogP contribution in [0.15, 0.2) is 0 Å². The summed E-state index contributed by atoms with van der Waals surface area (Å²) in [5.74, 6) is 1.61. The van der Waals surface area contributed by atoms with Crippen LogP contribution in [0.1, 0.15) is 12.8 Å². The fraction of sp³-hybridized carbons (Fsp3) is 0.875. The van der Waals surface area contributed by atoms with Crippen LogP contribution >= 0.6 is 0 Å². The second-order valence-corrected chi connectivity index (χ2v) is 3.21. The minimum atomic E-state index is 0.697. The number of hydrogen-bond donors (Lipinski definition) is 1. The Bertz CT molecular complexity index is 89.8. The monoisotopic (exact) mass is 140 g/mol. The molecule has 57 valence electrons. The molecule has 1 N–H and O–H groups in total. The molecule has 1 radical (unpaired) electrons. The van der Waals surface area contributed by atoms with Gasteiger partial charge in [0.15, 0.2) is 0 Å². The molecule has 2 aliphatic rings. The van der Waals surface area contributed by atoms with E-state index in [1.165, 1.54) is 19.4 Å². The maximum Gasteiger partial charge on any atom is 0.0882 e. The van der Waals surface area contributed by atoms with Crippen molar-refractivity contribution in [2.45, 2.75) is 12.8 Å². The molecule has 0 aromatic carbocycles. The molecule has 10 heavy (non-hydrogen) atoms. The number of nitrogens with one attached hydrogen (secondary N) is 1. The van der Waals surface area contributed by atoms with Crippen LogP contribution in [0.25, 0.3) is 0 Å². The number of rotatable bonds is 0. The van der Waals surface area contributed by atoms with Crippen molar-refractivity contribution in [1.82, 2.24) is 5.32 Å². The zero-order chi connectivity index (χ0) is 6.81. The first kappa shape index (κ1) is 6.62. The van der Waals surface area contributed by atoms with Gasteiger partial charge in [0.1, 0.15) is 0 Å². The number of ether oxygens (including phenoxy) is 1. The van der Waals surface area contributed by atoms with Gasteiger partial charge in [-0.3, -0.25) is 0 Å². The third-order valence-electron chi connectivity index (χ3n) is 2.55. The molecular formula is C8H14NO. The second-order valence-electron chi connectivity index (χ2n) is 3.21. The molecule has 2 saturated heterocycles. The van der Waals surface area contributed by atoms with Crippen LogP contribution in [0, 0.1) is 18.4 Å². The molecule has 0 aromatic heterocycles. The molecule has 0 amide bonds. The van der Waals surface area contributed by atoms with E-state index in [0.29, 0.717) is 5.92 Å². The quantitative estimate of drug-likeness (QED) is 0.537. The highest BCUT2D eigenvalue weighted by molar-refractivity contribution is 4.85. The van der Waals surface area contributed by atoms with E-state index in [-0.39, 0.29) is 0 Å². The van der Waals surface area contributed by atoms with Crippen molar-refractivity contribution in [3.05, 3.63) is 6.61 Å². The van der Waals surface area contributed by atoms with Crippen LogP contribution in [0.2, 0.25) is 0 Å². The average Bonchev–Trinajstić information content (AvgIpc) is 2.05. The third-order valence-corrected chi connectivity index (χ3v) is 2.55. The summed E-state index contributed by atoms with van der Waals surface area (Å²) >= 11 is 0. The van der Waals surface area contributed by atoms with Gasteiger partial charge in [0, 0.05) is 19.1 Å². The lowest BCUT2D eigenvalue weighted by Gasteiger charge is -2.35. The van der Waals surface area contributed by atoms with E-state index < -0.39 is 0 Å². The van der Waals surface area contributed by atoms with Crippen LogP contribution in [0.3, 0.4) is 0 Å². The van der Waals surface area contributed by atoms with Gasteiger partial charge in [-0.25, -0.2) is 0 Å². The zero-order valence-corrected chi connectivity index (χ0v) is 6.18. The molecule has 2 nitrogen and oxygen atoms in total. The summed E-state index contributed by atoms with van der Waals surface area (Å²) in [7, 11) is 0. The van der Waals surface area contributed by atoms with Gasteiger partial charge >= 0.3 is 0 Å². The molecule has 2 heteroatoms. The van der Waals surface area contributed by atoms with Crippen LogP contribution < -0.4 is 5.32 Å². The first-order chi connectivity index (χ1) is 4.97. The fourth-order valence-electron chi connectivity index (χ4n) is 1.87. The predicted molar refractivity (Wildman–Crippen MR) is 39.3 cm³/mol. The highest BCUT2D eigenvalue weighted by atomic mass is 16.5. The SMILES string of the molecule is [CH]1OCCC2CCNCC12. The molecule has 2 atom stereocenters. The molecule has 0 aromatic rings. The van der Waals surface area contributed by atoms with Crippen LogP contribution in [-0.2, 0) is 4.74 Å². The Morgan fingerprint density at radius 3 is 3.30 bits per heavy atom. The first-order valence-corrected chi connectivity index (χ1v) is 4.12. The summed E-state index contributed by atoms with van der Waals surface area (Å²) in [5, 5.41) is 3.37. The summed E-state index contributed by atoms with van der Waals surface area (Å²) in [6.07, 6.45) is 2.60. The largest absolute Gasteiger partial charge is 0.375 e. The molecular weight excluding hydrogens is 126 g/mol. The Labute approximate surface area is 61.9 Å². The lowest BCUT2D eigenvalue weighted by atomic mass is 9.83. The van der Waals surface area contributed by atoms with E-state index >= 15 is 0 Å². The first-order valence-electron chi connectivity index (χ1n) is 4.12. The highest BCUT2D eigenvalue weighted by Gasteiger charge is 2.27.